The van der Waals surface area contributed by atoms with Crippen molar-refractivity contribution >= 4 is 18.3 Å². The largest absolute Gasteiger partial charge is 0.339 e. The van der Waals surface area contributed by atoms with Crippen LogP contribution in [0.2, 0.25) is 0 Å². The number of carbonyl (C=O) groups is 3. The van der Waals surface area contributed by atoms with Crippen LogP contribution in [0.4, 0.5) is 4.79 Å². The van der Waals surface area contributed by atoms with Crippen LogP contribution in [0.15, 0.2) is 0 Å². The van der Waals surface area contributed by atoms with E-state index in [0.29, 0.717) is 6.41 Å². The molecule has 0 aromatic heterocycles. The van der Waals surface area contributed by atoms with Crippen molar-refractivity contribution < 1.29 is 14.4 Å². The van der Waals surface area contributed by atoms with E-state index in [2.05, 4.69) is 10.6 Å². The molecular weight excluding hydrogens is 162 g/mol. The smallest absolute Gasteiger partial charge is 0.322 e. The first kappa shape index (κ1) is 7.08. The molecule has 4 amide bonds. The molecule has 64 valence electrons. The van der Waals surface area contributed by atoms with Crippen LogP contribution >= 0.6 is 0 Å². The molecule has 12 heavy (non-hydrogen) atoms. The molecule has 6 nitrogen and oxygen atoms in total. The summed E-state index contributed by atoms with van der Waals surface area (Å²) in [7, 11) is 0. The van der Waals surface area contributed by atoms with E-state index in [1.165, 1.54) is 4.90 Å². The van der Waals surface area contributed by atoms with Crippen LogP contribution in [-0.2, 0) is 9.59 Å². The molecule has 2 fully saturated rings. The third-order valence-corrected chi connectivity index (χ3v) is 2.11. The van der Waals surface area contributed by atoms with E-state index < -0.39 is 11.6 Å². The molecule has 0 atom stereocenters. The van der Waals surface area contributed by atoms with Crippen molar-refractivity contribution in [1.29, 1.82) is 0 Å². The minimum absolute atomic E-state index is 0.272. The maximum Gasteiger partial charge on any atom is 0.322 e. The van der Waals surface area contributed by atoms with E-state index in [-0.39, 0.29) is 19.0 Å². The molecule has 0 saturated carbocycles. The average Bonchev–Trinajstić information content (AvgIpc) is 2.22. The van der Waals surface area contributed by atoms with Crippen LogP contribution in [-0.4, -0.2) is 41.9 Å². The van der Waals surface area contributed by atoms with E-state index in [1.54, 1.807) is 0 Å². The minimum Gasteiger partial charge on any atom is -0.339 e. The molecule has 2 aliphatic rings. The molecule has 0 aromatic carbocycles. The van der Waals surface area contributed by atoms with Gasteiger partial charge in [-0.25, -0.2) is 4.79 Å². The third-order valence-electron chi connectivity index (χ3n) is 2.11. The molecule has 0 radical (unpaired) electrons. The van der Waals surface area contributed by atoms with E-state index in [4.69, 9.17) is 0 Å². The Balaban J connectivity index is 2.11. The first-order valence-corrected chi connectivity index (χ1v) is 3.49. The van der Waals surface area contributed by atoms with Gasteiger partial charge in [0.15, 0.2) is 5.54 Å². The van der Waals surface area contributed by atoms with Gasteiger partial charge in [-0.3, -0.25) is 14.9 Å². The van der Waals surface area contributed by atoms with Gasteiger partial charge >= 0.3 is 6.03 Å². The van der Waals surface area contributed by atoms with Gasteiger partial charge in [-0.15, -0.1) is 0 Å². The highest BCUT2D eigenvalue weighted by atomic mass is 16.2. The third kappa shape index (κ3) is 0.715. The Kier molecular flexibility index (Phi) is 1.16. The topological polar surface area (TPSA) is 78.5 Å². The second-order valence-corrected chi connectivity index (χ2v) is 3.00. The number of nitrogens with zero attached hydrogens (tertiary/aromatic N) is 1. The van der Waals surface area contributed by atoms with Crippen molar-refractivity contribution in [3.8, 4) is 0 Å². The maximum atomic E-state index is 11.1. The van der Waals surface area contributed by atoms with Crippen molar-refractivity contribution in [3.63, 3.8) is 0 Å². The lowest BCUT2D eigenvalue weighted by atomic mass is 9.91. The fourth-order valence-electron chi connectivity index (χ4n) is 1.47. The van der Waals surface area contributed by atoms with Gasteiger partial charge in [-0.1, -0.05) is 0 Å². The van der Waals surface area contributed by atoms with Crippen LogP contribution in [0.5, 0.6) is 0 Å². The normalized spacial score (nSPS) is 24.8. The molecule has 2 N–H and O–H groups in total. The fourth-order valence-corrected chi connectivity index (χ4v) is 1.47. The minimum atomic E-state index is -0.835. The number of rotatable bonds is 1. The Morgan fingerprint density at radius 2 is 2.08 bits per heavy atom. The maximum absolute atomic E-state index is 11.1. The Labute approximate surface area is 67.9 Å². The van der Waals surface area contributed by atoms with Gasteiger partial charge in [0.25, 0.3) is 5.91 Å². The van der Waals surface area contributed by atoms with E-state index in [1.807, 2.05) is 0 Å². The number of carbonyl (C=O) groups excluding carboxylic acids is 3. The van der Waals surface area contributed by atoms with Crippen molar-refractivity contribution in [2.45, 2.75) is 5.54 Å². The summed E-state index contributed by atoms with van der Waals surface area (Å²) in [6.07, 6.45) is 0.656. The first-order chi connectivity index (χ1) is 5.66. The van der Waals surface area contributed by atoms with E-state index in [0.717, 1.165) is 0 Å². The fraction of sp³-hybridized carbons (Fsp3) is 0.500. The Hall–Kier alpha value is -1.59. The van der Waals surface area contributed by atoms with Crippen LogP contribution in [0.25, 0.3) is 0 Å². The standard InChI is InChI=1S/C6H7N3O3/c10-3-9-1-6(2-9)4(11)7-5(12)8-6/h3H,1-2H2,(H2,7,8,11,12). The number of hydrogen-bond donors (Lipinski definition) is 2. The van der Waals surface area contributed by atoms with Crippen molar-refractivity contribution in [3.05, 3.63) is 0 Å². The molecule has 2 heterocycles. The predicted molar refractivity (Wildman–Crippen MR) is 37.0 cm³/mol. The molecule has 2 rings (SSSR count). The lowest BCUT2D eigenvalue weighted by molar-refractivity contribution is -0.136. The zero-order chi connectivity index (χ0) is 8.77. The Morgan fingerprint density at radius 3 is 2.50 bits per heavy atom. The first-order valence-electron chi connectivity index (χ1n) is 3.49. The van der Waals surface area contributed by atoms with Crippen molar-refractivity contribution in [2.24, 2.45) is 0 Å². The monoisotopic (exact) mass is 169 g/mol. The van der Waals surface area contributed by atoms with E-state index >= 15 is 0 Å². The van der Waals surface area contributed by atoms with Crippen molar-refractivity contribution in [1.82, 2.24) is 15.5 Å². The van der Waals surface area contributed by atoms with Crippen LogP contribution in [0, 0.1) is 0 Å². The number of hydrogen-bond acceptors (Lipinski definition) is 3. The summed E-state index contributed by atoms with van der Waals surface area (Å²) in [5, 5.41) is 4.60. The SMILES string of the molecule is O=CN1CC2(C1)NC(=O)NC2=O. The number of nitrogens with one attached hydrogen (secondary N) is 2. The lowest BCUT2D eigenvalue weighted by Crippen LogP contribution is -2.70. The second-order valence-electron chi connectivity index (χ2n) is 3.00. The molecule has 6 heteroatoms. The molecular formula is C6H7N3O3. The molecule has 0 aromatic rings. The van der Waals surface area contributed by atoms with E-state index in [9.17, 15) is 14.4 Å². The molecule has 1 spiro atoms. The molecule has 2 saturated heterocycles. The van der Waals surface area contributed by atoms with Crippen molar-refractivity contribution in [2.75, 3.05) is 13.1 Å². The molecule has 0 bridgehead atoms. The van der Waals surface area contributed by atoms with Gasteiger partial charge in [0.2, 0.25) is 6.41 Å². The summed E-state index contributed by atoms with van der Waals surface area (Å²) < 4.78 is 0. The summed E-state index contributed by atoms with van der Waals surface area (Å²) in [6, 6.07) is -0.481. The van der Waals surface area contributed by atoms with Gasteiger partial charge < -0.3 is 10.2 Å². The highest BCUT2D eigenvalue weighted by molar-refractivity contribution is 6.08. The van der Waals surface area contributed by atoms with Crippen LogP contribution < -0.4 is 10.6 Å². The van der Waals surface area contributed by atoms with Gasteiger partial charge in [0, 0.05) is 0 Å². The number of imide groups is 1. The highest BCUT2D eigenvalue weighted by Crippen LogP contribution is 2.22. The second kappa shape index (κ2) is 1.96. The van der Waals surface area contributed by atoms with Crippen LogP contribution in [0.1, 0.15) is 0 Å². The highest BCUT2D eigenvalue weighted by Gasteiger charge is 2.54. The zero-order valence-electron chi connectivity index (χ0n) is 6.16. The number of likely N-dealkylation sites (tertiary alicyclic amines) is 1. The summed E-state index contributed by atoms with van der Waals surface area (Å²) in [5.41, 5.74) is -0.835. The summed E-state index contributed by atoms with van der Waals surface area (Å²) in [5.74, 6) is -0.342. The molecule has 2 aliphatic heterocycles. The molecule has 0 unspecified atom stereocenters. The summed E-state index contributed by atoms with van der Waals surface area (Å²) in [4.78, 5) is 33.4. The summed E-state index contributed by atoms with van der Waals surface area (Å²) in [6.45, 7) is 0.544. The van der Waals surface area contributed by atoms with Gasteiger partial charge in [0.1, 0.15) is 0 Å². The Morgan fingerprint density at radius 1 is 1.42 bits per heavy atom. The average molecular weight is 169 g/mol. The number of amides is 4. The van der Waals surface area contributed by atoms with Crippen LogP contribution in [0.3, 0.4) is 0 Å². The van der Waals surface area contributed by atoms with Gasteiger partial charge in [-0.05, 0) is 0 Å². The molecule has 0 aliphatic carbocycles. The number of urea groups is 1. The van der Waals surface area contributed by atoms with Gasteiger partial charge in [-0.2, -0.15) is 0 Å². The predicted octanol–water partition coefficient (Wildman–Crippen LogP) is -1.96. The lowest BCUT2D eigenvalue weighted by Gasteiger charge is -2.42. The van der Waals surface area contributed by atoms with Gasteiger partial charge in [0.05, 0.1) is 13.1 Å². The summed E-state index contributed by atoms with van der Waals surface area (Å²) >= 11 is 0. The Bertz CT molecular complexity index is 269. The quantitative estimate of drug-likeness (QED) is 0.353. The zero-order valence-corrected chi connectivity index (χ0v) is 6.16.